The van der Waals surface area contributed by atoms with Crippen molar-refractivity contribution in [2.75, 3.05) is 0 Å². The van der Waals surface area contributed by atoms with Gasteiger partial charge in [0, 0.05) is 10.7 Å². The van der Waals surface area contributed by atoms with E-state index in [0.717, 1.165) is 0 Å². The lowest BCUT2D eigenvalue weighted by Crippen LogP contribution is -2.63. The highest BCUT2D eigenvalue weighted by molar-refractivity contribution is 6.35. The normalized spacial score (nSPS) is 28.6. The number of hydrogen-bond donors (Lipinski definition) is 1. The Bertz CT molecular complexity index is 818. The quantitative estimate of drug-likeness (QED) is 0.746. The molecule has 1 aliphatic carbocycles. The van der Waals surface area contributed by atoms with Crippen molar-refractivity contribution in [1.82, 2.24) is 5.01 Å². The predicted octanol–water partition coefficient (Wildman–Crippen LogP) is 4.65. The minimum absolute atomic E-state index is 0.0191. The first-order valence-corrected chi connectivity index (χ1v) is 9.53. The van der Waals surface area contributed by atoms with Crippen molar-refractivity contribution in [2.45, 2.75) is 51.1 Å². The number of nitrogens with zero attached hydrogens (tertiary/aromatic N) is 2. The van der Waals surface area contributed by atoms with E-state index in [0.29, 0.717) is 17.9 Å². The van der Waals surface area contributed by atoms with Crippen LogP contribution in [0.2, 0.25) is 10.0 Å². The van der Waals surface area contributed by atoms with Gasteiger partial charge in [-0.1, -0.05) is 30.1 Å². The van der Waals surface area contributed by atoms with Gasteiger partial charge >= 0.3 is 6.18 Å². The molecule has 0 bridgehead atoms. The Labute approximate surface area is 170 Å². The maximum atomic E-state index is 13.9. The van der Waals surface area contributed by atoms with E-state index in [1.165, 1.54) is 25.1 Å². The average molecular weight is 439 g/mol. The second-order valence-electron chi connectivity index (χ2n) is 7.23. The summed E-state index contributed by atoms with van der Waals surface area (Å²) in [6.45, 7) is 3.08. The largest absolute Gasteiger partial charge is 0.479 e. The van der Waals surface area contributed by atoms with Crippen LogP contribution in [0.1, 0.15) is 33.1 Å². The van der Waals surface area contributed by atoms with Crippen LogP contribution in [0.4, 0.5) is 13.2 Å². The van der Waals surface area contributed by atoms with E-state index in [9.17, 15) is 23.1 Å². The van der Waals surface area contributed by atoms with E-state index >= 15 is 0 Å². The van der Waals surface area contributed by atoms with Crippen molar-refractivity contribution >= 4 is 34.8 Å². The van der Waals surface area contributed by atoms with Crippen LogP contribution in [-0.2, 0) is 4.79 Å². The summed E-state index contributed by atoms with van der Waals surface area (Å²) in [4.78, 5) is 12.8. The van der Waals surface area contributed by atoms with Gasteiger partial charge in [-0.25, -0.2) is 0 Å². The van der Waals surface area contributed by atoms with Crippen LogP contribution < -0.4 is 4.74 Å². The highest BCUT2D eigenvalue weighted by atomic mass is 35.5. The molecule has 3 rings (SSSR count). The maximum absolute atomic E-state index is 13.9. The molecule has 0 unspecified atom stereocenters. The van der Waals surface area contributed by atoms with Gasteiger partial charge in [-0.2, -0.15) is 23.3 Å². The number of benzene rings is 1. The summed E-state index contributed by atoms with van der Waals surface area (Å²) in [7, 11) is 0. The summed E-state index contributed by atoms with van der Waals surface area (Å²) >= 11 is 11.8. The van der Waals surface area contributed by atoms with Crippen molar-refractivity contribution in [2.24, 2.45) is 16.9 Å². The molecule has 0 aromatic heterocycles. The Kier molecular flexibility index (Phi) is 5.59. The first-order chi connectivity index (χ1) is 12.9. The lowest BCUT2D eigenvalue weighted by molar-refractivity contribution is -0.318. The molecule has 1 saturated carbocycles. The molecule has 5 nitrogen and oxygen atoms in total. The molecule has 1 heterocycles. The zero-order chi connectivity index (χ0) is 20.9. The lowest BCUT2D eigenvalue weighted by atomic mass is 9.76. The number of fused-ring (bicyclic) bond motifs is 1. The third-order valence-corrected chi connectivity index (χ3v) is 5.67. The Morgan fingerprint density at radius 1 is 1.43 bits per heavy atom. The summed E-state index contributed by atoms with van der Waals surface area (Å²) < 4.78 is 47.0. The van der Waals surface area contributed by atoms with E-state index in [1.807, 2.05) is 6.92 Å². The van der Waals surface area contributed by atoms with Crippen molar-refractivity contribution in [1.29, 1.82) is 0 Å². The lowest BCUT2D eigenvalue weighted by Gasteiger charge is -2.39. The minimum Gasteiger partial charge on any atom is -0.479 e. The second kappa shape index (κ2) is 7.39. The number of aliphatic hydroxyl groups is 1. The summed E-state index contributed by atoms with van der Waals surface area (Å²) in [5.41, 5.74) is -3.21. The zero-order valence-corrected chi connectivity index (χ0v) is 16.6. The van der Waals surface area contributed by atoms with Gasteiger partial charge in [0.15, 0.2) is 6.10 Å². The number of carbonyl (C=O) groups is 1. The molecule has 28 heavy (non-hydrogen) atoms. The molecule has 1 aromatic carbocycles. The highest BCUT2D eigenvalue weighted by Crippen LogP contribution is 2.49. The molecule has 1 aliphatic heterocycles. The number of halogens is 5. The third-order valence-electron chi connectivity index (χ3n) is 5.14. The Hall–Kier alpha value is -1.51. The fraction of sp³-hybridized carbons (Fsp3) is 0.556. The smallest absolute Gasteiger partial charge is 0.439 e. The Morgan fingerprint density at radius 3 is 2.71 bits per heavy atom. The molecule has 1 N–H and O–H groups in total. The number of alkyl halides is 3. The molecule has 4 atom stereocenters. The van der Waals surface area contributed by atoms with Gasteiger partial charge in [0.1, 0.15) is 5.75 Å². The third kappa shape index (κ3) is 3.57. The first kappa shape index (κ1) is 21.2. The van der Waals surface area contributed by atoms with Gasteiger partial charge in [0.05, 0.1) is 10.9 Å². The fourth-order valence-corrected chi connectivity index (χ4v) is 4.07. The Balaban J connectivity index is 1.89. The molecule has 1 fully saturated rings. The van der Waals surface area contributed by atoms with Gasteiger partial charge in [0.2, 0.25) is 0 Å². The molecule has 0 saturated heterocycles. The molecule has 2 aliphatic rings. The van der Waals surface area contributed by atoms with Gasteiger partial charge in [-0.15, -0.1) is 0 Å². The van der Waals surface area contributed by atoms with E-state index in [4.69, 9.17) is 27.9 Å². The van der Waals surface area contributed by atoms with Crippen LogP contribution in [0.15, 0.2) is 23.3 Å². The number of amides is 1. The van der Waals surface area contributed by atoms with Crippen LogP contribution in [0.5, 0.6) is 5.75 Å². The summed E-state index contributed by atoms with van der Waals surface area (Å²) in [6, 6.07) is 4.26. The molecular formula is C18H19Cl2F3N2O3. The van der Waals surface area contributed by atoms with Crippen molar-refractivity contribution in [3.8, 4) is 5.75 Å². The molecule has 0 spiro atoms. The number of hydrazone groups is 1. The molecule has 1 aromatic rings. The second-order valence-corrected chi connectivity index (χ2v) is 8.08. The first-order valence-electron chi connectivity index (χ1n) is 8.77. The summed E-state index contributed by atoms with van der Waals surface area (Å²) in [6.07, 6.45) is -5.40. The predicted molar refractivity (Wildman–Crippen MR) is 98.3 cm³/mol. The van der Waals surface area contributed by atoms with Crippen LogP contribution in [0.3, 0.4) is 0 Å². The summed E-state index contributed by atoms with van der Waals surface area (Å²) in [5.74, 6) is -2.33. The monoisotopic (exact) mass is 438 g/mol. The van der Waals surface area contributed by atoms with Crippen molar-refractivity contribution in [3.63, 3.8) is 0 Å². The van der Waals surface area contributed by atoms with Crippen LogP contribution in [0, 0.1) is 11.8 Å². The van der Waals surface area contributed by atoms with Crippen molar-refractivity contribution < 1.29 is 27.8 Å². The summed E-state index contributed by atoms with van der Waals surface area (Å²) in [5, 5.41) is 15.1. The zero-order valence-electron chi connectivity index (χ0n) is 15.1. The standard InChI is InChI=1S/C18H19Cl2F3N2O3/c1-9-3-5-14-12(7-9)17(27,18(21,22)23)25(24-14)16(26)10(2)28-15-6-4-11(19)8-13(15)20/h4,6,8-10,12,27H,3,5,7H2,1-2H3/t9-,10+,12+,17+/m1/s1. The van der Waals surface area contributed by atoms with Crippen LogP contribution >= 0.6 is 23.2 Å². The van der Waals surface area contributed by atoms with Gasteiger partial charge in [0.25, 0.3) is 11.6 Å². The SMILES string of the molecule is C[C@@H]1CCC2=NN(C(=O)[C@H](C)Oc3ccc(Cl)cc3Cl)[C@@](O)(C(F)(F)F)[C@H]2C1. The van der Waals surface area contributed by atoms with Crippen molar-refractivity contribution in [3.05, 3.63) is 28.2 Å². The van der Waals surface area contributed by atoms with Crippen LogP contribution in [-0.4, -0.2) is 39.7 Å². The minimum atomic E-state index is -5.08. The molecular weight excluding hydrogens is 420 g/mol. The average Bonchev–Trinajstić information content (AvgIpc) is 2.90. The van der Waals surface area contributed by atoms with E-state index in [1.54, 1.807) is 0 Å². The van der Waals surface area contributed by atoms with Gasteiger partial charge in [-0.3, -0.25) is 4.79 Å². The maximum Gasteiger partial charge on any atom is 0.439 e. The molecule has 10 heteroatoms. The Morgan fingerprint density at radius 2 is 2.11 bits per heavy atom. The highest BCUT2D eigenvalue weighted by Gasteiger charge is 2.69. The number of ether oxygens (including phenoxy) is 1. The topological polar surface area (TPSA) is 62.1 Å². The number of carbonyl (C=O) groups excluding carboxylic acids is 1. The molecule has 154 valence electrons. The van der Waals surface area contributed by atoms with Gasteiger partial charge in [-0.05, 0) is 50.3 Å². The van der Waals surface area contributed by atoms with E-state index in [2.05, 4.69) is 5.10 Å². The van der Waals surface area contributed by atoms with E-state index in [-0.39, 0.29) is 33.8 Å². The fourth-order valence-electron chi connectivity index (χ4n) is 3.61. The van der Waals surface area contributed by atoms with E-state index < -0.39 is 29.8 Å². The van der Waals surface area contributed by atoms with Crippen LogP contribution in [0.25, 0.3) is 0 Å². The van der Waals surface area contributed by atoms with Gasteiger partial charge < -0.3 is 9.84 Å². The molecule has 0 radical (unpaired) electrons. The number of hydrogen-bond acceptors (Lipinski definition) is 4. The number of rotatable bonds is 3. The molecule has 1 amide bonds.